The molecule has 2 heterocycles. The molecule has 1 saturated heterocycles. The molecule has 0 spiro atoms. The van der Waals surface area contributed by atoms with Crippen LogP contribution >= 0.6 is 0 Å². The first-order valence-electron chi connectivity index (χ1n) is 9.88. The molecule has 1 fully saturated rings. The third-order valence-electron chi connectivity index (χ3n) is 5.00. The Hall–Kier alpha value is -2.93. The van der Waals surface area contributed by atoms with Crippen LogP contribution in [0.5, 0.6) is 0 Å². The average molecular weight is 396 g/mol. The minimum absolute atomic E-state index is 0.0413. The number of benzene rings is 1. The van der Waals surface area contributed by atoms with E-state index in [-0.39, 0.29) is 29.9 Å². The molecule has 1 aliphatic rings. The molecule has 0 radical (unpaired) electrons. The number of nitrogens with zero attached hydrogens (tertiary/aromatic N) is 2. The Kier molecular flexibility index (Phi) is 6.49. The summed E-state index contributed by atoms with van der Waals surface area (Å²) in [6.45, 7) is 7.60. The molecule has 7 heteroatoms. The Labute approximate surface area is 171 Å². The number of nitrogens with one attached hydrogen (secondary N) is 1. The van der Waals surface area contributed by atoms with E-state index in [0.29, 0.717) is 17.7 Å². The lowest BCUT2D eigenvalue weighted by Gasteiger charge is -2.36. The Morgan fingerprint density at radius 1 is 1.17 bits per heavy atom. The summed E-state index contributed by atoms with van der Waals surface area (Å²) in [7, 11) is 0. The standard InChI is InChI=1S/C22H28N4O3/c1-14(10-20(23)27)17-4-7-19(8-5-17)25-22(28)18-6-9-21(24-11-18)26-12-15(2)29-16(3)13-26/h4-9,11,14-16H,10,12-13H2,1-3H3,(H2,23,27)(H,25,28). The molecule has 154 valence electrons. The summed E-state index contributed by atoms with van der Waals surface area (Å²) < 4.78 is 5.75. The second-order valence-electron chi connectivity index (χ2n) is 7.71. The van der Waals surface area contributed by atoms with E-state index in [2.05, 4.69) is 15.2 Å². The Morgan fingerprint density at radius 3 is 2.38 bits per heavy atom. The van der Waals surface area contributed by atoms with Crippen LogP contribution in [0.4, 0.5) is 11.5 Å². The van der Waals surface area contributed by atoms with Crippen molar-refractivity contribution < 1.29 is 14.3 Å². The minimum Gasteiger partial charge on any atom is -0.372 e. The number of hydrogen-bond donors (Lipinski definition) is 2. The Balaban J connectivity index is 1.61. The molecule has 29 heavy (non-hydrogen) atoms. The van der Waals surface area contributed by atoms with Crippen LogP contribution in [0.2, 0.25) is 0 Å². The van der Waals surface area contributed by atoms with Crippen LogP contribution in [-0.4, -0.2) is 42.1 Å². The maximum Gasteiger partial charge on any atom is 0.257 e. The van der Waals surface area contributed by atoms with Gasteiger partial charge in [0.05, 0.1) is 17.8 Å². The van der Waals surface area contributed by atoms with Crippen LogP contribution in [0.15, 0.2) is 42.6 Å². The summed E-state index contributed by atoms with van der Waals surface area (Å²) >= 11 is 0. The smallest absolute Gasteiger partial charge is 0.257 e. The van der Waals surface area contributed by atoms with E-state index < -0.39 is 0 Å². The number of hydrogen-bond acceptors (Lipinski definition) is 5. The number of rotatable bonds is 6. The van der Waals surface area contributed by atoms with Crippen molar-refractivity contribution in [3.05, 3.63) is 53.7 Å². The molecule has 3 N–H and O–H groups in total. The van der Waals surface area contributed by atoms with Gasteiger partial charge in [-0.15, -0.1) is 0 Å². The number of amides is 2. The fraction of sp³-hybridized carbons (Fsp3) is 0.409. The van der Waals surface area contributed by atoms with Gasteiger partial charge in [0.2, 0.25) is 5.91 Å². The van der Waals surface area contributed by atoms with E-state index in [9.17, 15) is 9.59 Å². The number of pyridine rings is 1. The number of primary amides is 1. The van der Waals surface area contributed by atoms with E-state index in [1.54, 1.807) is 12.3 Å². The monoisotopic (exact) mass is 396 g/mol. The average Bonchev–Trinajstić information content (AvgIpc) is 2.67. The molecule has 1 aromatic heterocycles. The van der Waals surface area contributed by atoms with Gasteiger partial charge in [0.1, 0.15) is 5.82 Å². The van der Waals surface area contributed by atoms with Gasteiger partial charge in [-0.1, -0.05) is 19.1 Å². The van der Waals surface area contributed by atoms with Crippen LogP contribution < -0.4 is 16.0 Å². The summed E-state index contributed by atoms with van der Waals surface area (Å²) in [5.74, 6) is 0.341. The molecule has 0 saturated carbocycles. The molecule has 2 aromatic rings. The number of anilines is 2. The van der Waals surface area contributed by atoms with E-state index >= 15 is 0 Å². The molecular weight excluding hydrogens is 368 g/mol. The third-order valence-corrected chi connectivity index (χ3v) is 5.00. The van der Waals surface area contributed by atoms with Gasteiger partial charge in [-0.2, -0.15) is 0 Å². The highest BCUT2D eigenvalue weighted by molar-refractivity contribution is 6.04. The third kappa shape index (κ3) is 5.54. The molecule has 2 amide bonds. The first-order chi connectivity index (χ1) is 13.8. The normalized spacial score (nSPS) is 20.2. The summed E-state index contributed by atoms with van der Waals surface area (Å²) in [5.41, 5.74) is 7.43. The van der Waals surface area contributed by atoms with E-state index in [1.165, 1.54) is 0 Å². The lowest BCUT2D eigenvalue weighted by atomic mass is 9.97. The van der Waals surface area contributed by atoms with Crippen molar-refractivity contribution in [1.29, 1.82) is 0 Å². The summed E-state index contributed by atoms with van der Waals surface area (Å²) in [5, 5.41) is 2.87. The van der Waals surface area contributed by atoms with Gasteiger partial charge < -0.3 is 20.7 Å². The van der Waals surface area contributed by atoms with Crippen molar-refractivity contribution in [1.82, 2.24) is 4.98 Å². The highest BCUT2D eigenvalue weighted by Crippen LogP contribution is 2.22. The second-order valence-corrected chi connectivity index (χ2v) is 7.71. The molecule has 3 rings (SSSR count). The minimum atomic E-state index is -0.327. The van der Waals surface area contributed by atoms with E-state index in [0.717, 1.165) is 24.5 Å². The molecule has 0 aliphatic carbocycles. The molecule has 1 aliphatic heterocycles. The zero-order valence-corrected chi connectivity index (χ0v) is 17.1. The van der Waals surface area contributed by atoms with Crippen LogP contribution in [0.3, 0.4) is 0 Å². The molecular formula is C22H28N4O3. The van der Waals surface area contributed by atoms with Crippen LogP contribution in [0.1, 0.15) is 49.0 Å². The number of carbonyl (C=O) groups excluding carboxylic acids is 2. The zero-order chi connectivity index (χ0) is 21.0. The lowest BCUT2D eigenvalue weighted by Crippen LogP contribution is -2.45. The van der Waals surface area contributed by atoms with Gasteiger partial charge >= 0.3 is 0 Å². The predicted molar refractivity (Wildman–Crippen MR) is 113 cm³/mol. The van der Waals surface area contributed by atoms with Crippen molar-refractivity contribution >= 4 is 23.3 Å². The molecule has 1 aromatic carbocycles. The van der Waals surface area contributed by atoms with E-state index in [1.807, 2.05) is 51.1 Å². The van der Waals surface area contributed by atoms with E-state index in [4.69, 9.17) is 10.5 Å². The van der Waals surface area contributed by atoms with Crippen molar-refractivity contribution in [3.8, 4) is 0 Å². The van der Waals surface area contributed by atoms with Gasteiger partial charge in [0.25, 0.3) is 5.91 Å². The lowest BCUT2D eigenvalue weighted by molar-refractivity contribution is -0.118. The molecule has 7 nitrogen and oxygen atoms in total. The number of morpholine rings is 1. The second kappa shape index (κ2) is 9.05. The van der Waals surface area contributed by atoms with Crippen molar-refractivity contribution in [2.24, 2.45) is 5.73 Å². The molecule has 0 bridgehead atoms. The number of aromatic nitrogens is 1. The van der Waals surface area contributed by atoms with Crippen LogP contribution in [-0.2, 0) is 9.53 Å². The Bertz CT molecular complexity index is 841. The number of nitrogens with two attached hydrogens (primary N) is 1. The molecule has 3 atom stereocenters. The topological polar surface area (TPSA) is 97.6 Å². The first kappa shape index (κ1) is 20.8. The summed E-state index contributed by atoms with van der Waals surface area (Å²) in [4.78, 5) is 30.2. The number of carbonyl (C=O) groups is 2. The van der Waals surface area contributed by atoms with Gasteiger partial charge in [-0.05, 0) is 49.6 Å². The van der Waals surface area contributed by atoms with Gasteiger partial charge in [-0.25, -0.2) is 4.98 Å². The number of ether oxygens (including phenoxy) is 1. The highest BCUT2D eigenvalue weighted by atomic mass is 16.5. The van der Waals surface area contributed by atoms with Crippen molar-refractivity contribution in [2.45, 2.75) is 45.3 Å². The largest absolute Gasteiger partial charge is 0.372 e. The van der Waals surface area contributed by atoms with Gasteiger partial charge in [-0.3, -0.25) is 9.59 Å². The summed E-state index contributed by atoms with van der Waals surface area (Å²) in [6.07, 6.45) is 2.19. The van der Waals surface area contributed by atoms with Crippen LogP contribution in [0, 0.1) is 0 Å². The summed E-state index contributed by atoms with van der Waals surface area (Å²) in [6, 6.07) is 11.1. The fourth-order valence-electron chi connectivity index (χ4n) is 3.59. The maximum absolute atomic E-state index is 12.5. The van der Waals surface area contributed by atoms with Crippen molar-refractivity contribution in [3.63, 3.8) is 0 Å². The fourth-order valence-corrected chi connectivity index (χ4v) is 3.59. The highest BCUT2D eigenvalue weighted by Gasteiger charge is 2.23. The SMILES string of the molecule is CC1CN(c2ccc(C(=O)Nc3ccc(C(C)CC(N)=O)cc3)cn2)CC(C)O1. The predicted octanol–water partition coefficient (Wildman–Crippen LogP) is 2.93. The first-order valence-corrected chi connectivity index (χ1v) is 9.88. The quantitative estimate of drug-likeness (QED) is 0.782. The maximum atomic E-state index is 12.5. The zero-order valence-electron chi connectivity index (χ0n) is 17.1. The van der Waals surface area contributed by atoms with Crippen LogP contribution in [0.25, 0.3) is 0 Å². The molecule has 3 unspecified atom stereocenters. The van der Waals surface area contributed by atoms with Gasteiger partial charge in [0.15, 0.2) is 0 Å². The van der Waals surface area contributed by atoms with Crippen molar-refractivity contribution in [2.75, 3.05) is 23.3 Å². The van der Waals surface area contributed by atoms with Gasteiger partial charge in [0, 0.05) is 31.4 Å². The Morgan fingerprint density at radius 2 is 1.83 bits per heavy atom.